The molecule has 3 aromatic carbocycles. The third-order valence-corrected chi connectivity index (χ3v) is 5.45. The van der Waals surface area contributed by atoms with E-state index in [4.69, 9.17) is 4.74 Å². The first-order chi connectivity index (χ1) is 14.7. The van der Waals surface area contributed by atoms with Crippen LogP contribution in [0.3, 0.4) is 0 Å². The molecule has 0 aromatic heterocycles. The highest BCUT2D eigenvalue weighted by Crippen LogP contribution is 2.26. The molecule has 5 nitrogen and oxygen atoms in total. The van der Waals surface area contributed by atoms with E-state index in [1.54, 1.807) is 0 Å². The average molecular weight is 402 g/mol. The van der Waals surface area contributed by atoms with E-state index in [1.807, 2.05) is 71.6 Å². The van der Waals surface area contributed by atoms with Gasteiger partial charge in [0.1, 0.15) is 5.75 Å². The summed E-state index contributed by atoms with van der Waals surface area (Å²) >= 11 is 0. The first-order valence-corrected chi connectivity index (χ1v) is 10.5. The van der Waals surface area contributed by atoms with Crippen LogP contribution in [0.15, 0.2) is 66.7 Å². The normalized spacial score (nSPS) is 13.8. The topological polar surface area (TPSA) is 58.6 Å². The van der Waals surface area contributed by atoms with Gasteiger partial charge in [-0.15, -0.1) is 0 Å². The maximum Gasteiger partial charge on any atom is 0.260 e. The SMILES string of the molecule is O=C(NCc1ccccc1)c1cc2ccccc2cc1OCC(=O)N1CCCCC1. The summed E-state index contributed by atoms with van der Waals surface area (Å²) in [6, 6.07) is 21.3. The van der Waals surface area contributed by atoms with Gasteiger partial charge in [0.05, 0.1) is 5.56 Å². The molecule has 1 aliphatic rings. The highest BCUT2D eigenvalue weighted by molar-refractivity contribution is 6.01. The second kappa shape index (κ2) is 9.44. The number of hydrogen-bond acceptors (Lipinski definition) is 3. The van der Waals surface area contributed by atoms with E-state index in [0.717, 1.165) is 42.3 Å². The molecule has 0 spiro atoms. The highest BCUT2D eigenvalue weighted by Gasteiger charge is 2.19. The monoisotopic (exact) mass is 402 g/mol. The number of benzene rings is 3. The van der Waals surface area contributed by atoms with Crippen molar-refractivity contribution >= 4 is 22.6 Å². The third-order valence-electron chi connectivity index (χ3n) is 5.45. The summed E-state index contributed by atoms with van der Waals surface area (Å²) in [6.45, 7) is 1.94. The lowest BCUT2D eigenvalue weighted by Gasteiger charge is -2.26. The summed E-state index contributed by atoms with van der Waals surface area (Å²) in [4.78, 5) is 27.3. The lowest BCUT2D eigenvalue weighted by atomic mass is 10.1. The van der Waals surface area contributed by atoms with Gasteiger partial charge >= 0.3 is 0 Å². The zero-order chi connectivity index (χ0) is 20.8. The molecule has 1 aliphatic heterocycles. The molecule has 0 saturated carbocycles. The van der Waals surface area contributed by atoms with Crippen LogP contribution in [-0.4, -0.2) is 36.4 Å². The fraction of sp³-hybridized carbons (Fsp3) is 0.280. The van der Waals surface area contributed by atoms with E-state index in [2.05, 4.69) is 5.32 Å². The number of amides is 2. The number of fused-ring (bicyclic) bond motifs is 1. The Hall–Kier alpha value is -3.34. The number of carbonyl (C=O) groups excluding carboxylic acids is 2. The van der Waals surface area contributed by atoms with Crippen molar-refractivity contribution in [3.8, 4) is 5.75 Å². The Morgan fingerprint density at radius 1 is 0.867 bits per heavy atom. The molecule has 1 saturated heterocycles. The molecule has 2 amide bonds. The number of hydrogen-bond donors (Lipinski definition) is 1. The van der Waals surface area contributed by atoms with Gasteiger partial charge in [-0.2, -0.15) is 0 Å². The predicted molar refractivity (Wildman–Crippen MR) is 117 cm³/mol. The fourth-order valence-electron chi connectivity index (χ4n) is 3.76. The first kappa shape index (κ1) is 20.0. The lowest BCUT2D eigenvalue weighted by molar-refractivity contribution is -0.134. The molecular weight excluding hydrogens is 376 g/mol. The number of ether oxygens (including phenoxy) is 1. The minimum absolute atomic E-state index is 0.0292. The van der Waals surface area contributed by atoms with Crippen LogP contribution in [0.4, 0.5) is 0 Å². The molecule has 5 heteroatoms. The van der Waals surface area contributed by atoms with Crippen molar-refractivity contribution in [3.63, 3.8) is 0 Å². The molecular formula is C25H26N2O3. The molecule has 0 unspecified atom stereocenters. The standard InChI is InChI=1S/C25H26N2O3/c28-24(27-13-7-2-8-14-27)18-30-23-16-21-12-6-5-11-20(21)15-22(23)25(29)26-17-19-9-3-1-4-10-19/h1,3-6,9-12,15-16H,2,7-8,13-14,17-18H2,(H,26,29). The number of likely N-dealkylation sites (tertiary alicyclic amines) is 1. The first-order valence-electron chi connectivity index (χ1n) is 10.5. The predicted octanol–water partition coefficient (Wildman–Crippen LogP) is 4.16. The Balaban J connectivity index is 1.52. The van der Waals surface area contributed by atoms with Crippen LogP contribution in [0.25, 0.3) is 10.8 Å². The van der Waals surface area contributed by atoms with E-state index in [0.29, 0.717) is 17.9 Å². The number of rotatable bonds is 6. The van der Waals surface area contributed by atoms with E-state index < -0.39 is 0 Å². The van der Waals surface area contributed by atoms with Crippen LogP contribution in [0, 0.1) is 0 Å². The molecule has 1 N–H and O–H groups in total. The quantitative estimate of drug-likeness (QED) is 0.674. The van der Waals surface area contributed by atoms with Gasteiger partial charge < -0.3 is 15.0 Å². The van der Waals surface area contributed by atoms with Gasteiger partial charge in [-0.3, -0.25) is 9.59 Å². The third kappa shape index (κ3) is 4.79. The van der Waals surface area contributed by atoms with Crippen molar-refractivity contribution in [2.24, 2.45) is 0 Å². The van der Waals surface area contributed by atoms with Crippen molar-refractivity contribution in [1.82, 2.24) is 10.2 Å². The highest BCUT2D eigenvalue weighted by atomic mass is 16.5. The van der Waals surface area contributed by atoms with Crippen LogP contribution < -0.4 is 10.1 Å². The minimum atomic E-state index is -0.218. The number of piperidine rings is 1. The molecule has 0 radical (unpaired) electrons. The Labute approximate surface area is 176 Å². The van der Waals surface area contributed by atoms with Crippen molar-refractivity contribution in [1.29, 1.82) is 0 Å². The van der Waals surface area contributed by atoms with Crippen LogP contribution in [-0.2, 0) is 11.3 Å². The van der Waals surface area contributed by atoms with Crippen molar-refractivity contribution in [2.75, 3.05) is 19.7 Å². The largest absolute Gasteiger partial charge is 0.483 e. The maximum atomic E-state index is 12.9. The van der Waals surface area contributed by atoms with Gasteiger partial charge in [-0.1, -0.05) is 54.6 Å². The smallest absolute Gasteiger partial charge is 0.260 e. The van der Waals surface area contributed by atoms with Crippen LogP contribution >= 0.6 is 0 Å². The van der Waals surface area contributed by atoms with Crippen molar-refractivity contribution in [3.05, 3.63) is 77.9 Å². The molecule has 1 heterocycles. The van der Waals surface area contributed by atoms with Gasteiger partial charge in [-0.25, -0.2) is 0 Å². The maximum absolute atomic E-state index is 12.9. The Morgan fingerprint density at radius 3 is 2.27 bits per heavy atom. The molecule has 3 aromatic rings. The second-order valence-corrected chi connectivity index (χ2v) is 7.59. The summed E-state index contributed by atoms with van der Waals surface area (Å²) in [5.74, 6) is 0.188. The average Bonchev–Trinajstić information content (AvgIpc) is 2.81. The summed E-state index contributed by atoms with van der Waals surface area (Å²) in [6.07, 6.45) is 3.24. The van der Waals surface area contributed by atoms with Gasteiger partial charge in [0.2, 0.25) is 0 Å². The summed E-state index contributed by atoms with van der Waals surface area (Å²) < 4.78 is 5.88. The van der Waals surface area contributed by atoms with Gasteiger partial charge in [0, 0.05) is 19.6 Å². The summed E-state index contributed by atoms with van der Waals surface area (Å²) in [7, 11) is 0. The van der Waals surface area contributed by atoms with Gasteiger partial charge in [0.15, 0.2) is 6.61 Å². The zero-order valence-electron chi connectivity index (χ0n) is 17.0. The van der Waals surface area contributed by atoms with Crippen LogP contribution in [0.5, 0.6) is 5.75 Å². The summed E-state index contributed by atoms with van der Waals surface area (Å²) in [5.41, 5.74) is 1.46. The molecule has 0 bridgehead atoms. The number of nitrogens with one attached hydrogen (secondary N) is 1. The van der Waals surface area contributed by atoms with Crippen LogP contribution in [0.2, 0.25) is 0 Å². The number of carbonyl (C=O) groups is 2. The molecule has 1 fully saturated rings. The molecule has 154 valence electrons. The Kier molecular flexibility index (Phi) is 6.28. The minimum Gasteiger partial charge on any atom is -0.483 e. The second-order valence-electron chi connectivity index (χ2n) is 7.59. The molecule has 30 heavy (non-hydrogen) atoms. The van der Waals surface area contributed by atoms with Gasteiger partial charge in [0.25, 0.3) is 11.8 Å². The van der Waals surface area contributed by atoms with E-state index in [-0.39, 0.29) is 18.4 Å². The number of nitrogens with zero attached hydrogens (tertiary/aromatic N) is 1. The van der Waals surface area contributed by atoms with Crippen molar-refractivity contribution < 1.29 is 14.3 Å². The van der Waals surface area contributed by atoms with Crippen molar-refractivity contribution in [2.45, 2.75) is 25.8 Å². The fourth-order valence-corrected chi connectivity index (χ4v) is 3.76. The Morgan fingerprint density at radius 2 is 1.53 bits per heavy atom. The van der Waals surface area contributed by atoms with Crippen LogP contribution in [0.1, 0.15) is 35.2 Å². The van der Waals surface area contributed by atoms with E-state index in [1.165, 1.54) is 6.42 Å². The molecule has 0 aliphatic carbocycles. The molecule has 4 rings (SSSR count). The lowest BCUT2D eigenvalue weighted by Crippen LogP contribution is -2.38. The Bertz CT molecular complexity index is 1030. The van der Waals surface area contributed by atoms with E-state index in [9.17, 15) is 9.59 Å². The van der Waals surface area contributed by atoms with Gasteiger partial charge in [-0.05, 0) is 47.7 Å². The van der Waals surface area contributed by atoms with E-state index >= 15 is 0 Å². The molecule has 0 atom stereocenters. The summed E-state index contributed by atoms with van der Waals surface area (Å²) in [5, 5.41) is 4.88. The zero-order valence-corrected chi connectivity index (χ0v) is 17.0.